The lowest BCUT2D eigenvalue weighted by Crippen LogP contribution is -2.50. The number of piperazine rings is 1. The fraction of sp³-hybridized carbons (Fsp3) is 0.500. The molecule has 182 valence electrons. The van der Waals surface area contributed by atoms with E-state index in [1.54, 1.807) is 12.1 Å². The van der Waals surface area contributed by atoms with Crippen LogP contribution in [0, 0.1) is 5.92 Å². The Kier molecular flexibility index (Phi) is 8.45. The first-order chi connectivity index (χ1) is 16.6. The number of ether oxygens (including phenoxy) is 1. The van der Waals surface area contributed by atoms with Gasteiger partial charge in [0.2, 0.25) is 5.91 Å². The highest BCUT2D eigenvalue weighted by molar-refractivity contribution is 6.04. The molecule has 2 amide bonds. The summed E-state index contributed by atoms with van der Waals surface area (Å²) in [6.07, 6.45) is 7.89. The monoisotopic (exact) mass is 463 g/mol. The average molecular weight is 464 g/mol. The number of amides is 2. The number of carbonyl (C=O) groups is 2. The van der Waals surface area contributed by atoms with Gasteiger partial charge in [0, 0.05) is 49.0 Å². The zero-order valence-corrected chi connectivity index (χ0v) is 20.3. The highest BCUT2D eigenvalue weighted by Crippen LogP contribution is 2.27. The standard InChI is InChI=1S/C28H37N3O3/c1-2-3-21-34-26-15-9-22(10-16-26)27(32)29-24-11-13-25(14-12-24)30-17-19-31(20-18-30)28(33)23-7-5-4-6-8-23/h9-16,23H,2-8,17-21H2,1H3,(H,29,32). The predicted octanol–water partition coefficient (Wildman–Crippen LogP) is 5.35. The third-order valence-corrected chi connectivity index (χ3v) is 6.92. The van der Waals surface area contributed by atoms with Crippen LogP contribution in [0.3, 0.4) is 0 Å². The molecule has 0 bridgehead atoms. The lowest BCUT2D eigenvalue weighted by Gasteiger charge is -2.38. The van der Waals surface area contributed by atoms with Crippen LogP contribution in [0.1, 0.15) is 62.2 Å². The van der Waals surface area contributed by atoms with E-state index in [0.717, 1.165) is 69.0 Å². The predicted molar refractivity (Wildman–Crippen MR) is 137 cm³/mol. The van der Waals surface area contributed by atoms with Crippen molar-refractivity contribution in [2.24, 2.45) is 5.92 Å². The number of anilines is 2. The van der Waals surface area contributed by atoms with Crippen LogP contribution >= 0.6 is 0 Å². The molecule has 0 aromatic heterocycles. The van der Waals surface area contributed by atoms with E-state index in [4.69, 9.17) is 4.74 Å². The number of rotatable bonds is 8. The Morgan fingerprint density at radius 2 is 1.59 bits per heavy atom. The van der Waals surface area contributed by atoms with Crippen molar-refractivity contribution in [1.29, 1.82) is 0 Å². The van der Waals surface area contributed by atoms with Crippen molar-refractivity contribution < 1.29 is 14.3 Å². The summed E-state index contributed by atoms with van der Waals surface area (Å²) >= 11 is 0. The van der Waals surface area contributed by atoms with Gasteiger partial charge in [0.05, 0.1) is 6.61 Å². The lowest BCUT2D eigenvalue weighted by molar-refractivity contribution is -0.136. The molecule has 1 saturated heterocycles. The lowest BCUT2D eigenvalue weighted by atomic mass is 9.88. The Bertz CT molecular complexity index is 928. The number of hydrogen-bond acceptors (Lipinski definition) is 4. The molecule has 0 unspecified atom stereocenters. The van der Waals surface area contributed by atoms with Gasteiger partial charge in [0.15, 0.2) is 0 Å². The van der Waals surface area contributed by atoms with E-state index >= 15 is 0 Å². The number of nitrogens with zero attached hydrogens (tertiary/aromatic N) is 2. The molecule has 1 heterocycles. The fourth-order valence-electron chi connectivity index (χ4n) is 4.79. The molecule has 1 saturated carbocycles. The molecule has 2 fully saturated rings. The van der Waals surface area contributed by atoms with Gasteiger partial charge in [-0.25, -0.2) is 0 Å². The summed E-state index contributed by atoms with van der Waals surface area (Å²) in [5.41, 5.74) is 2.49. The quantitative estimate of drug-likeness (QED) is 0.536. The Balaban J connectivity index is 1.25. The van der Waals surface area contributed by atoms with Crippen molar-refractivity contribution in [3.05, 3.63) is 54.1 Å². The Hall–Kier alpha value is -3.02. The highest BCUT2D eigenvalue weighted by Gasteiger charge is 2.28. The third-order valence-electron chi connectivity index (χ3n) is 6.92. The second-order valence-electron chi connectivity index (χ2n) is 9.37. The van der Waals surface area contributed by atoms with Crippen LogP contribution in [0.2, 0.25) is 0 Å². The molecular weight excluding hydrogens is 426 g/mol. The second-order valence-corrected chi connectivity index (χ2v) is 9.37. The molecule has 6 heteroatoms. The summed E-state index contributed by atoms with van der Waals surface area (Å²) in [5.74, 6) is 1.25. The van der Waals surface area contributed by atoms with Gasteiger partial charge in [0.25, 0.3) is 5.91 Å². The van der Waals surface area contributed by atoms with Gasteiger partial charge >= 0.3 is 0 Å². The maximum Gasteiger partial charge on any atom is 0.255 e. The minimum Gasteiger partial charge on any atom is -0.494 e. The number of unbranched alkanes of at least 4 members (excludes halogenated alkanes) is 1. The van der Waals surface area contributed by atoms with Gasteiger partial charge in [0.1, 0.15) is 5.75 Å². The maximum atomic E-state index is 12.8. The molecular formula is C28H37N3O3. The summed E-state index contributed by atoms with van der Waals surface area (Å²) in [5, 5.41) is 2.97. The molecule has 0 spiro atoms. The summed E-state index contributed by atoms with van der Waals surface area (Å²) in [6.45, 7) is 6.08. The molecule has 2 aromatic carbocycles. The van der Waals surface area contributed by atoms with Gasteiger partial charge in [-0.1, -0.05) is 32.6 Å². The number of benzene rings is 2. The molecule has 6 nitrogen and oxygen atoms in total. The smallest absolute Gasteiger partial charge is 0.255 e. The second kappa shape index (κ2) is 11.9. The maximum absolute atomic E-state index is 12.8. The van der Waals surface area contributed by atoms with Crippen molar-refractivity contribution in [3.8, 4) is 5.75 Å². The fourth-order valence-corrected chi connectivity index (χ4v) is 4.79. The molecule has 0 radical (unpaired) electrons. The summed E-state index contributed by atoms with van der Waals surface area (Å²) in [4.78, 5) is 29.8. The van der Waals surface area contributed by atoms with E-state index < -0.39 is 0 Å². The van der Waals surface area contributed by atoms with Crippen LogP contribution in [0.25, 0.3) is 0 Å². The molecule has 4 rings (SSSR count). The van der Waals surface area contributed by atoms with Crippen molar-refractivity contribution >= 4 is 23.2 Å². The molecule has 2 aromatic rings. The number of nitrogens with one attached hydrogen (secondary N) is 1. The van der Waals surface area contributed by atoms with E-state index in [2.05, 4.69) is 22.0 Å². The Morgan fingerprint density at radius 3 is 2.24 bits per heavy atom. The summed E-state index contributed by atoms with van der Waals surface area (Å²) in [6, 6.07) is 15.2. The molecule has 1 N–H and O–H groups in total. The Labute approximate surface area is 203 Å². The Morgan fingerprint density at radius 1 is 0.912 bits per heavy atom. The first-order valence-corrected chi connectivity index (χ1v) is 12.8. The molecule has 0 atom stereocenters. The molecule has 34 heavy (non-hydrogen) atoms. The van der Waals surface area contributed by atoms with Crippen LogP contribution in [-0.4, -0.2) is 49.5 Å². The van der Waals surface area contributed by atoms with E-state index in [-0.39, 0.29) is 11.8 Å². The third kappa shape index (κ3) is 6.31. The van der Waals surface area contributed by atoms with Crippen LogP contribution in [0.4, 0.5) is 11.4 Å². The first-order valence-electron chi connectivity index (χ1n) is 12.8. The van der Waals surface area contributed by atoms with E-state index in [9.17, 15) is 9.59 Å². The zero-order valence-electron chi connectivity index (χ0n) is 20.3. The first kappa shape index (κ1) is 24.1. The van der Waals surface area contributed by atoms with E-state index in [1.807, 2.05) is 36.4 Å². The van der Waals surface area contributed by atoms with Gasteiger partial charge in [-0.2, -0.15) is 0 Å². The molecule has 1 aliphatic carbocycles. The van der Waals surface area contributed by atoms with Crippen molar-refractivity contribution in [1.82, 2.24) is 4.90 Å². The van der Waals surface area contributed by atoms with Crippen molar-refractivity contribution in [2.45, 2.75) is 51.9 Å². The number of carbonyl (C=O) groups excluding carboxylic acids is 2. The summed E-state index contributed by atoms with van der Waals surface area (Å²) in [7, 11) is 0. The largest absolute Gasteiger partial charge is 0.494 e. The normalized spacial score (nSPS) is 16.9. The molecule has 2 aliphatic rings. The van der Waals surface area contributed by atoms with Gasteiger partial charge < -0.3 is 19.9 Å². The van der Waals surface area contributed by atoms with Gasteiger partial charge in [-0.15, -0.1) is 0 Å². The zero-order chi connectivity index (χ0) is 23.8. The minimum atomic E-state index is -0.136. The van der Waals surface area contributed by atoms with Gasteiger partial charge in [-0.3, -0.25) is 9.59 Å². The highest BCUT2D eigenvalue weighted by atomic mass is 16.5. The van der Waals surface area contributed by atoms with Crippen LogP contribution in [-0.2, 0) is 4.79 Å². The van der Waals surface area contributed by atoms with Gasteiger partial charge in [-0.05, 0) is 67.8 Å². The van der Waals surface area contributed by atoms with Crippen molar-refractivity contribution in [2.75, 3.05) is 43.0 Å². The van der Waals surface area contributed by atoms with Crippen LogP contribution in [0.15, 0.2) is 48.5 Å². The summed E-state index contributed by atoms with van der Waals surface area (Å²) < 4.78 is 5.66. The minimum absolute atomic E-state index is 0.136. The molecule has 1 aliphatic heterocycles. The van der Waals surface area contributed by atoms with E-state index in [1.165, 1.54) is 19.3 Å². The topological polar surface area (TPSA) is 61.9 Å². The van der Waals surface area contributed by atoms with E-state index in [0.29, 0.717) is 18.1 Å². The number of hydrogen-bond donors (Lipinski definition) is 1. The van der Waals surface area contributed by atoms with Crippen molar-refractivity contribution in [3.63, 3.8) is 0 Å². The van der Waals surface area contributed by atoms with Crippen LogP contribution < -0.4 is 15.0 Å². The SMILES string of the molecule is CCCCOc1ccc(C(=O)Nc2ccc(N3CCN(C(=O)C4CCCCC4)CC3)cc2)cc1. The average Bonchev–Trinajstić information content (AvgIpc) is 2.90. The van der Waals surface area contributed by atoms with Crippen LogP contribution in [0.5, 0.6) is 5.75 Å².